The Morgan fingerprint density at radius 3 is 2.56 bits per heavy atom. The number of nitrogens with zero attached hydrogens (tertiary/aromatic N) is 1. The number of ether oxygens (including phenoxy) is 1. The molecule has 3 amide bonds. The first-order chi connectivity index (χ1) is 13.1. The first kappa shape index (κ1) is 18.8. The van der Waals surface area contributed by atoms with Crippen LogP contribution >= 0.6 is 0 Å². The summed E-state index contributed by atoms with van der Waals surface area (Å²) in [5.41, 5.74) is 2.07. The average Bonchev–Trinajstić information content (AvgIpc) is 3.06. The Hall–Kier alpha value is -3.02. The molecule has 2 N–H and O–H groups in total. The van der Waals surface area contributed by atoms with E-state index in [4.69, 9.17) is 4.74 Å². The monoisotopic (exact) mass is 367 g/mol. The van der Waals surface area contributed by atoms with E-state index in [0.29, 0.717) is 19.5 Å². The molecule has 0 spiro atoms. The Morgan fingerprint density at radius 2 is 1.89 bits per heavy atom. The van der Waals surface area contributed by atoms with Crippen molar-refractivity contribution in [3.8, 4) is 5.75 Å². The van der Waals surface area contributed by atoms with Gasteiger partial charge in [-0.15, -0.1) is 0 Å². The summed E-state index contributed by atoms with van der Waals surface area (Å²) in [5.74, 6) is 0.840. The summed E-state index contributed by atoms with van der Waals surface area (Å²) >= 11 is 0. The first-order valence-electron chi connectivity index (χ1n) is 9.08. The number of hydrogen-bond donors (Lipinski definition) is 2. The number of nitrogens with one attached hydrogen (secondary N) is 2. The summed E-state index contributed by atoms with van der Waals surface area (Å²) in [4.78, 5) is 26.4. The number of benzene rings is 2. The molecular weight excluding hydrogens is 342 g/mol. The summed E-state index contributed by atoms with van der Waals surface area (Å²) in [6.07, 6.45) is 0.327. The first-order valence-corrected chi connectivity index (χ1v) is 9.08. The zero-order chi connectivity index (χ0) is 19.2. The van der Waals surface area contributed by atoms with E-state index < -0.39 is 0 Å². The second-order valence-corrected chi connectivity index (χ2v) is 6.71. The molecule has 6 nitrogen and oxygen atoms in total. The maximum Gasteiger partial charge on any atom is 0.315 e. The molecule has 0 aliphatic carbocycles. The van der Waals surface area contributed by atoms with Gasteiger partial charge < -0.3 is 20.3 Å². The minimum atomic E-state index is -0.266. The molecule has 2 aromatic rings. The molecule has 6 heteroatoms. The van der Waals surface area contributed by atoms with Crippen LogP contribution in [0.4, 0.5) is 4.79 Å². The van der Waals surface area contributed by atoms with Crippen LogP contribution in [-0.4, -0.2) is 36.5 Å². The number of carbonyl (C=O) groups is 2. The zero-order valence-electron chi connectivity index (χ0n) is 15.6. The minimum absolute atomic E-state index is 0.00661. The number of hydrogen-bond acceptors (Lipinski definition) is 3. The van der Waals surface area contributed by atoms with Gasteiger partial charge in [0.2, 0.25) is 5.91 Å². The quantitative estimate of drug-likeness (QED) is 0.825. The normalized spacial score (nSPS) is 17.5. The van der Waals surface area contributed by atoms with Crippen LogP contribution in [0, 0.1) is 0 Å². The molecule has 1 aliphatic rings. The molecule has 2 aromatic carbocycles. The highest BCUT2D eigenvalue weighted by Crippen LogP contribution is 2.25. The van der Waals surface area contributed by atoms with E-state index in [9.17, 15) is 9.59 Å². The van der Waals surface area contributed by atoms with E-state index >= 15 is 0 Å². The molecule has 1 fully saturated rings. The molecule has 1 heterocycles. The molecule has 0 aromatic heterocycles. The van der Waals surface area contributed by atoms with Crippen molar-refractivity contribution >= 4 is 11.9 Å². The van der Waals surface area contributed by atoms with Gasteiger partial charge in [0.1, 0.15) is 5.75 Å². The van der Waals surface area contributed by atoms with Crippen molar-refractivity contribution in [1.29, 1.82) is 0 Å². The second kappa shape index (κ2) is 8.58. The fourth-order valence-electron chi connectivity index (χ4n) is 3.28. The van der Waals surface area contributed by atoms with E-state index in [2.05, 4.69) is 10.6 Å². The van der Waals surface area contributed by atoms with Crippen LogP contribution in [0.2, 0.25) is 0 Å². The van der Waals surface area contributed by atoms with Crippen molar-refractivity contribution in [2.24, 2.45) is 0 Å². The Bertz CT molecular complexity index is 777. The Kier molecular flexibility index (Phi) is 5.96. The fraction of sp³-hybridized carbons (Fsp3) is 0.333. The summed E-state index contributed by atoms with van der Waals surface area (Å²) in [5, 5.41) is 5.73. The summed E-state index contributed by atoms with van der Waals surface area (Å²) in [6, 6.07) is 17.0. The molecule has 2 unspecified atom stereocenters. The largest absolute Gasteiger partial charge is 0.497 e. The van der Waals surface area contributed by atoms with Crippen molar-refractivity contribution in [2.45, 2.75) is 32.0 Å². The lowest BCUT2D eigenvalue weighted by Gasteiger charge is -2.25. The van der Waals surface area contributed by atoms with Gasteiger partial charge in [-0.1, -0.05) is 42.5 Å². The average molecular weight is 367 g/mol. The molecule has 0 radical (unpaired) electrons. The topological polar surface area (TPSA) is 70.7 Å². The Balaban J connectivity index is 1.49. The summed E-state index contributed by atoms with van der Waals surface area (Å²) in [6.45, 7) is 2.95. The van der Waals surface area contributed by atoms with Crippen LogP contribution in [0.5, 0.6) is 5.75 Å². The number of amides is 3. The van der Waals surface area contributed by atoms with Crippen molar-refractivity contribution in [1.82, 2.24) is 15.5 Å². The molecule has 1 saturated heterocycles. The molecule has 1 aliphatic heterocycles. The smallest absolute Gasteiger partial charge is 0.315 e. The second-order valence-electron chi connectivity index (χ2n) is 6.71. The molecule has 2 atom stereocenters. The Labute approximate surface area is 159 Å². The fourth-order valence-corrected chi connectivity index (χ4v) is 3.28. The van der Waals surface area contributed by atoms with E-state index in [-0.39, 0.29) is 24.0 Å². The van der Waals surface area contributed by atoms with E-state index in [0.717, 1.165) is 16.9 Å². The SMILES string of the molecule is COc1ccc(CNC(=O)NC2CC(=O)N(C(C)c3ccccc3)C2)cc1. The third-order valence-electron chi connectivity index (χ3n) is 4.86. The van der Waals surface area contributed by atoms with Gasteiger partial charge in [-0.2, -0.15) is 0 Å². The van der Waals surface area contributed by atoms with Crippen molar-refractivity contribution in [3.63, 3.8) is 0 Å². The molecular formula is C21H25N3O3. The van der Waals surface area contributed by atoms with Gasteiger partial charge in [-0.3, -0.25) is 4.79 Å². The minimum Gasteiger partial charge on any atom is -0.497 e. The number of rotatable bonds is 6. The highest BCUT2D eigenvalue weighted by atomic mass is 16.5. The van der Waals surface area contributed by atoms with Crippen LogP contribution < -0.4 is 15.4 Å². The maximum atomic E-state index is 12.4. The molecule has 3 rings (SSSR count). The van der Waals surface area contributed by atoms with Gasteiger partial charge >= 0.3 is 6.03 Å². The Morgan fingerprint density at radius 1 is 1.19 bits per heavy atom. The standard InChI is InChI=1S/C21H25N3O3/c1-15(17-6-4-3-5-7-17)24-14-18(12-20(24)25)23-21(26)22-13-16-8-10-19(27-2)11-9-16/h3-11,15,18H,12-14H2,1-2H3,(H2,22,23,26). The lowest BCUT2D eigenvalue weighted by Crippen LogP contribution is -2.43. The number of likely N-dealkylation sites (tertiary alicyclic amines) is 1. The lowest BCUT2D eigenvalue weighted by atomic mass is 10.1. The third-order valence-corrected chi connectivity index (χ3v) is 4.86. The molecule has 142 valence electrons. The number of methoxy groups -OCH3 is 1. The van der Waals surface area contributed by atoms with Gasteiger partial charge in [0.25, 0.3) is 0 Å². The van der Waals surface area contributed by atoms with Gasteiger partial charge in [0.15, 0.2) is 0 Å². The maximum absolute atomic E-state index is 12.4. The molecule has 0 saturated carbocycles. The van der Waals surface area contributed by atoms with Crippen LogP contribution in [0.25, 0.3) is 0 Å². The van der Waals surface area contributed by atoms with Gasteiger partial charge in [0.05, 0.1) is 19.2 Å². The number of carbonyl (C=O) groups excluding carboxylic acids is 2. The van der Waals surface area contributed by atoms with Gasteiger partial charge in [-0.25, -0.2) is 4.79 Å². The number of urea groups is 1. The van der Waals surface area contributed by atoms with Crippen LogP contribution in [-0.2, 0) is 11.3 Å². The summed E-state index contributed by atoms with van der Waals surface area (Å²) < 4.78 is 5.12. The molecule has 27 heavy (non-hydrogen) atoms. The van der Waals surface area contributed by atoms with Gasteiger partial charge in [0, 0.05) is 19.5 Å². The third kappa shape index (κ3) is 4.78. The molecule has 0 bridgehead atoms. The van der Waals surface area contributed by atoms with E-state index in [1.165, 1.54) is 0 Å². The van der Waals surface area contributed by atoms with Crippen LogP contribution in [0.3, 0.4) is 0 Å². The zero-order valence-corrected chi connectivity index (χ0v) is 15.6. The van der Waals surface area contributed by atoms with Crippen molar-refractivity contribution in [2.75, 3.05) is 13.7 Å². The van der Waals surface area contributed by atoms with Crippen molar-refractivity contribution in [3.05, 3.63) is 65.7 Å². The summed E-state index contributed by atoms with van der Waals surface area (Å²) in [7, 11) is 1.62. The highest BCUT2D eigenvalue weighted by molar-refractivity contribution is 5.82. The van der Waals surface area contributed by atoms with Crippen LogP contribution in [0.1, 0.15) is 30.5 Å². The van der Waals surface area contributed by atoms with E-state index in [1.54, 1.807) is 7.11 Å². The highest BCUT2D eigenvalue weighted by Gasteiger charge is 2.33. The van der Waals surface area contributed by atoms with Crippen molar-refractivity contribution < 1.29 is 14.3 Å². The predicted octanol–water partition coefficient (Wildman–Crippen LogP) is 2.86. The van der Waals surface area contributed by atoms with Crippen LogP contribution in [0.15, 0.2) is 54.6 Å². The lowest BCUT2D eigenvalue weighted by molar-refractivity contribution is -0.129. The predicted molar refractivity (Wildman–Crippen MR) is 103 cm³/mol. The van der Waals surface area contributed by atoms with E-state index in [1.807, 2.05) is 66.4 Å². The van der Waals surface area contributed by atoms with Gasteiger partial charge in [-0.05, 0) is 30.2 Å².